The molecule has 1 aliphatic rings. The molecule has 2 aromatic heterocycles. The van der Waals surface area contributed by atoms with Gasteiger partial charge in [0.1, 0.15) is 5.65 Å². The van der Waals surface area contributed by atoms with Gasteiger partial charge in [-0.05, 0) is 12.1 Å². The Balaban J connectivity index is 1.73. The van der Waals surface area contributed by atoms with Gasteiger partial charge in [-0.2, -0.15) is 0 Å². The maximum atomic E-state index is 12.1. The van der Waals surface area contributed by atoms with Gasteiger partial charge in [0, 0.05) is 25.5 Å². The molecule has 0 atom stereocenters. The SMILES string of the molecule is O=C1CN(C(=O)Cc2cn3ccccc3n2)CCN1. The van der Waals surface area contributed by atoms with Crippen LogP contribution in [0.5, 0.6) is 0 Å². The number of carbonyl (C=O) groups excluding carboxylic acids is 2. The van der Waals surface area contributed by atoms with Crippen LogP contribution in [0, 0.1) is 0 Å². The molecule has 0 spiro atoms. The van der Waals surface area contributed by atoms with E-state index < -0.39 is 0 Å². The smallest absolute Gasteiger partial charge is 0.239 e. The monoisotopic (exact) mass is 258 g/mol. The summed E-state index contributed by atoms with van der Waals surface area (Å²) >= 11 is 0. The van der Waals surface area contributed by atoms with Crippen molar-refractivity contribution in [2.75, 3.05) is 19.6 Å². The third-order valence-electron chi connectivity index (χ3n) is 3.14. The van der Waals surface area contributed by atoms with Gasteiger partial charge in [0.2, 0.25) is 11.8 Å². The van der Waals surface area contributed by atoms with E-state index >= 15 is 0 Å². The summed E-state index contributed by atoms with van der Waals surface area (Å²) in [6.07, 6.45) is 3.97. The van der Waals surface area contributed by atoms with Crippen molar-refractivity contribution in [1.29, 1.82) is 0 Å². The predicted molar refractivity (Wildman–Crippen MR) is 68.5 cm³/mol. The number of aromatic nitrogens is 2. The summed E-state index contributed by atoms with van der Waals surface area (Å²) in [4.78, 5) is 29.3. The molecule has 1 N–H and O–H groups in total. The highest BCUT2D eigenvalue weighted by Crippen LogP contribution is 2.07. The van der Waals surface area contributed by atoms with Crippen LogP contribution >= 0.6 is 0 Å². The molecule has 0 radical (unpaired) electrons. The second kappa shape index (κ2) is 4.72. The minimum atomic E-state index is -0.102. The third-order valence-corrected chi connectivity index (χ3v) is 3.14. The zero-order valence-electron chi connectivity index (χ0n) is 10.4. The number of amides is 2. The average Bonchev–Trinajstić information content (AvgIpc) is 2.80. The lowest BCUT2D eigenvalue weighted by molar-refractivity contribution is -0.137. The van der Waals surface area contributed by atoms with Crippen LogP contribution in [0.4, 0.5) is 0 Å². The summed E-state index contributed by atoms with van der Waals surface area (Å²) in [7, 11) is 0. The predicted octanol–water partition coefficient (Wildman–Crippen LogP) is -0.165. The van der Waals surface area contributed by atoms with Crippen molar-refractivity contribution in [3.63, 3.8) is 0 Å². The number of nitrogens with one attached hydrogen (secondary N) is 1. The molecule has 1 aliphatic heterocycles. The first-order valence-corrected chi connectivity index (χ1v) is 6.19. The summed E-state index contributed by atoms with van der Waals surface area (Å²) in [5, 5.41) is 2.70. The van der Waals surface area contributed by atoms with Crippen molar-refractivity contribution < 1.29 is 9.59 Å². The van der Waals surface area contributed by atoms with Crippen molar-refractivity contribution in [3.05, 3.63) is 36.3 Å². The highest BCUT2D eigenvalue weighted by molar-refractivity contribution is 5.86. The minimum absolute atomic E-state index is 0.0572. The molecule has 2 aromatic rings. The van der Waals surface area contributed by atoms with Crippen molar-refractivity contribution >= 4 is 17.5 Å². The molecule has 6 nitrogen and oxygen atoms in total. The summed E-state index contributed by atoms with van der Waals surface area (Å²) < 4.78 is 1.88. The molecule has 19 heavy (non-hydrogen) atoms. The maximum Gasteiger partial charge on any atom is 0.239 e. The second-order valence-electron chi connectivity index (χ2n) is 4.54. The zero-order chi connectivity index (χ0) is 13.2. The number of nitrogens with zero attached hydrogens (tertiary/aromatic N) is 3. The normalized spacial score (nSPS) is 15.6. The number of pyridine rings is 1. The number of hydrogen-bond donors (Lipinski definition) is 1. The van der Waals surface area contributed by atoms with Crippen LogP contribution in [0.25, 0.3) is 5.65 Å². The standard InChI is InChI=1S/C13H14N4O2/c18-12-9-17(6-4-14-12)13(19)7-10-8-16-5-2-1-3-11(16)15-10/h1-3,5,8H,4,6-7,9H2,(H,14,18). The molecule has 0 aromatic carbocycles. The summed E-state index contributed by atoms with van der Waals surface area (Å²) in [6.45, 7) is 1.24. The number of hydrogen-bond acceptors (Lipinski definition) is 3. The van der Waals surface area contributed by atoms with E-state index in [1.807, 2.05) is 35.0 Å². The molecular weight excluding hydrogens is 244 g/mol. The van der Waals surface area contributed by atoms with Crippen LogP contribution in [0.15, 0.2) is 30.6 Å². The molecule has 0 unspecified atom stereocenters. The fourth-order valence-corrected chi connectivity index (χ4v) is 2.19. The Kier molecular flexibility index (Phi) is 2.91. The van der Waals surface area contributed by atoms with E-state index in [1.165, 1.54) is 0 Å². The van der Waals surface area contributed by atoms with Crippen LogP contribution in [0.2, 0.25) is 0 Å². The highest BCUT2D eigenvalue weighted by Gasteiger charge is 2.21. The summed E-state index contributed by atoms with van der Waals surface area (Å²) in [6, 6.07) is 5.71. The Bertz CT molecular complexity index is 601. The van der Waals surface area contributed by atoms with Gasteiger partial charge >= 0.3 is 0 Å². The number of piperazine rings is 1. The molecule has 0 aliphatic carbocycles. The first-order chi connectivity index (χ1) is 9.22. The van der Waals surface area contributed by atoms with Gasteiger partial charge in [-0.25, -0.2) is 4.98 Å². The molecule has 1 saturated heterocycles. The van der Waals surface area contributed by atoms with E-state index in [9.17, 15) is 9.59 Å². The van der Waals surface area contributed by atoms with E-state index in [2.05, 4.69) is 10.3 Å². The maximum absolute atomic E-state index is 12.1. The lowest BCUT2D eigenvalue weighted by Gasteiger charge is -2.26. The second-order valence-corrected chi connectivity index (χ2v) is 4.54. The van der Waals surface area contributed by atoms with E-state index in [0.717, 1.165) is 11.3 Å². The molecule has 2 amide bonds. The lowest BCUT2D eigenvalue weighted by atomic mass is 10.2. The van der Waals surface area contributed by atoms with Crippen LogP contribution in [0.1, 0.15) is 5.69 Å². The largest absolute Gasteiger partial charge is 0.353 e. The molecule has 6 heteroatoms. The first kappa shape index (κ1) is 11.7. The van der Waals surface area contributed by atoms with E-state index in [4.69, 9.17) is 0 Å². The van der Waals surface area contributed by atoms with Gasteiger partial charge < -0.3 is 14.6 Å². The first-order valence-electron chi connectivity index (χ1n) is 6.19. The molecule has 3 heterocycles. The molecule has 3 rings (SSSR count). The Hall–Kier alpha value is -2.37. The van der Waals surface area contributed by atoms with Gasteiger partial charge in [0.15, 0.2) is 0 Å². The topological polar surface area (TPSA) is 66.7 Å². The Morgan fingerprint density at radius 2 is 2.32 bits per heavy atom. The van der Waals surface area contributed by atoms with Crippen LogP contribution < -0.4 is 5.32 Å². The number of fused-ring (bicyclic) bond motifs is 1. The van der Waals surface area contributed by atoms with Gasteiger partial charge in [0.25, 0.3) is 0 Å². The molecule has 0 bridgehead atoms. The highest BCUT2D eigenvalue weighted by atomic mass is 16.2. The van der Waals surface area contributed by atoms with Gasteiger partial charge in [-0.1, -0.05) is 6.07 Å². The molecule has 1 fully saturated rings. The lowest BCUT2D eigenvalue weighted by Crippen LogP contribution is -2.50. The van der Waals surface area contributed by atoms with E-state index in [-0.39, 0.29) is 24.8 Å². The van der Waals surface area contributed by atoms with Crippen LogP contribution in [-0.2, 0) is 16.0 Å². The Morgan fingerprint density at radius 3 is 3.11 bits per heavy atom. The fourth-order valence-electron chi connectivity index (χ4n) is 2.19. The average molecular weight is 258 g/mol. The molecular formula is C13H14N4O2. The van der Waals surface area contributed by atoms with Crippen molar-refractivity contribution in [2.24, 2.45) is 0 Å². The van der Waals surface area contributed by atoms with Gasteiger partial charge in [0.05, 0.1) is 18.7 Å². The van der Waals surface area contributed by atoms with E-state index in [1.54, 1.807) is 4.90 Å². The van der Waals surface area contributed by atoms with E-state index in [0.29, 0.717) is 13.1 Å². The van der Waals surface area contributed by atoms with Gasteiger partial charge in [-0.15, -0.1) is 0 Å². The number of rotatable bonds is 2. The van der Waals surface area contributed by atoms with Crippen molar-refractivity contribution in [3.8, 4) is 0 Å². The van der Waals surface area contributed by atoms with Crippen molar-refractivity contribution in [1.82, 2.24) is 19.6 Å². The minimum Gasteiger partial charge on any atom is -0.353 e. The van der Waals surface area contributed by atoms with Gasteiger partial charge in [-0.3, -0.25) is 9.59 Å². The molecule has 98 valence electrons. The molecule has 0 saturated carbocycles. The third kappa shape index (κ3) is 2.42. The fraction of sp³-hybridized carbons (Fsp3) is 0.308. The Labute approximate surface area is 110 Å². The summed E-state index contributed by atoms with van der Waals surface area (Å²) in [5.74, 6) is -0.159. The van der Waals surface area contributed by atoms with Crippen LogP contribution in [0.3, 0.4) is 0 Å². The zero-order valence-corrected chi connectivity index (χ0v) is 10.4. The van der Waals surface area contributed by atoms with Crippen LogP contribution in [-0.4, -0.2) is 45.7 Å². The summed E-state index contributed by atoms with van der Waals surface area (Å²) in [5.41, 5.74) is 1.55. The Morgan fingerprint density at radius 1 is 1.42 bits per heavy atom. The quantitative estimate of drug-likeness (QED) is 0.813. The number of imidazole rings is 1. The number of carbonyl (C=O) groups is 2. The van der Waals surface area contributed by atoms with Crippen molar-refractivity contribution in [2.45, 2.75) is 6.42 Å².